The fraction of sp³-hybridized carbons (Fsp3) is 0.417. The third-order valence-corrected chi connectivity index (χ3v) is 2.37. The minimum atomic E-state index is -0.940. The van der Waals surface area contributed by atoms with E-state index in [2.05, 4.69) is 0 Å². The highest BCUT2D eigenvalue weighted by atomic mass is 19.1. The third kappa shape index (κ3) is 3.98. The van der Waals surface area contributed by atoms with Crippen molar-refractivity contribution >= 4 is 5.97 Å². The number of rotatable bonds is 5. The van der Waals surface area contributed by atoms with Crippen molar-refractivity contribution in [3.63, 3.8) is 0 Å². The highest BCUT2D eigenvalue weighted by Crippen LogP contribution is 2.15. The average molecular weight is 226 g/mol. The summed E-state index contributed by atoms with van der Waals surface area (Å²) in [4.78, 5) is 10.9. The van der Waals surface area contributed by atoms with Gasteiger partial charge in [-0.15, -0.1) is 0 Å². The molecule has 0 spiro atoms. The van der Waals surface area contributed by atoms with Gasteiger partial charge < -0.3 is 10.2 Å². The molecule has 88 valence electrons. The predicted octanol–water partition coefficient (Wildman–Crippen LogP) is 1.84. The first-order valence-corrected chi connectivity index (χ1v) is 5.14. The summed E-state index contributed by atoms with van der Waals surface area (Å²) in [6, 6.07) is 5.73. The van der Waals surface area contributed by atoms with Gasteiger partial charge in [0.2, 0.25) is 0 Å². The van der Waals surface area contributed by atoms with Crippen molar-refractivity contribution in [1.29, 1.82) is 0 Å². The largest absolute Gasteiger partial charge is 0.481 e. The molecule has 0 heterocycles. The summed E-state index contributed by atoms with van der Waals surface area (Å²) >= 11 is 0. The Morgan fingerprint density at radius 3 is 2.38 bits per heavy atom. The Bertz CT molecular complexity index is 346. The summed E-state index contributed by atoms with van der Waals surface area (Å²) in [6.07, 6.45) is -0.144. The Labute approximate surface area is 93.5 Å². The second-order valence-electron chi connectivity index (χ2n) is 3.95. The Hall–Kier alpha value is -1.42. The highest BCUT2D eigenvalue weighted by Gasteiger charge is 2.19. The number of hydrogen-bond donors (Lipinski definition) is 2. The van der Waals surface area contributed by atoms with Crippen molar-refractivity contribution in [2.75, 3.05) is 0 Å². The van der Waals surface area contributed by atoms with Gasteiger partial charge in [-0.3, -0.25) is 4.79 Å². The van der Waals surface area contributed by atoms with E-state index in [1.165, 1.54) is 12.1 Å². The molecule has 2 atom stereocenters. The summed E-state index contributed by atoms with van der Waals surface area (Å²) in [5.74, 6) is -1.91. The normalized spacial score (nSPS) is 14.4. The Morgan fingerprint density at radius 1 is 1.38 bits per heavy atom. The van der Waals surface area contributed by atoms with E-state index in [4.69, 9.17) is 5.11 Å². The molecular formula is C12H15FO3. The van der Waals surface area contributed by atoms with Crippen LogP contribution < -0.4 is 0 Å². The molecule has 16 heavy (non-hydrogen) atoms. The van der Waals surface area contributed by atoms with Crippen molar-refractivity contribution in [3.8, 4) is 0 Å². The van der Waals surface area contributed by atoms with Gasteiger partial charge in [0.05, 0.1) is 12.0 Å². The van der Waals surface area contributed by atoms with Gasteiger partial charge in [-0.1, -0.05) is 12.1 Å². The average Bonchev–Trinajstić information content (AvgIpc) is 2.19. The minimum Gasteiger partial charge on any atom is -0.481 e. The molecule has 0 amide bonds. The first-order chi connectivity index (χ1) is 7.49. The summed E-state index contributed by atoms with van der Waals surface area (Å²) in [5, 5.41) is 18.1. The van der Waals surface area contributed by atoms with E-state index in [1.807, 2.05) is 0 Å². The molecule has 3 nitrogen and oxygen atoms in total. The number of carboxylic acids is 1. The molecule has 0 aliphatic carbocycles. The lowest BCUT2D eigenvalue weighted by Crippen LogP contribution is -2.21. The number of carbonyl (C=O) groups is 1. The number of halogens is 1. The van der Waals surface area contributed by atoms with Gasteiger partial charge in [-0.25, -0.2) is 4.39 Å². The second kappa shape index (κ2) is 5.61. The molecule has 4 heteroatoms. The molecule has 0 aromatic heterocycles. The van der Waals surface area contributed by atoms with E-state index in [9.17, 15) is 14.3 Å². The van der Waals surface area contributed by atoms with E-state index in [-0.39, 0.29) is 12.2 Å². The van der Waals surface area contributed by atoms with E-state index in [1.54, 1.807) is 19.1 Å². The maximum atomic E-state index is 12.6. The molecule has 2 N–H and O–H groups in total. The van der Waals surface area contributed by atoms with Crippen LogP contribution in [-0.4, -0.2) is 22.3 Å². The zero-order valence-electron chi connectivity index (χ0n) is 9.06. The van der Waals surface area contributed by atoms with E-state index >= 15 is 0 Å². The van der Waals surface area contributed by atoms with Crippen molar-refractivity contribution in [3.05, 3.63) is 35.6 Å². The van der Waals surface area contributed by atoms with E-state index in [0.717, 1.165) is 5.56 Å². The summed E-state index contributed by atoms with van der Waals surface area (Å²) in [7, 11) is 0. The van der Waals surface area contributed by atoms with Crippen molar-refractivity contribution in [2.24, 2.45) is 5.92 Å². The first-order valence-electron chi connectivity index (χ1n) is 5.14. The van der Waals surface area contributed by atoms with Crippen LogP contribution in [-0.2, 0) is 11.2 Å². The van der Waals surface area contributed by atoms with Crippen LogP contribution in [0.5, 0.6) is 0 Å². The van der Waals surface area contributed by atoms with Crippen molar-refractivity contribution in [2.45, 2.75) is 25.9 Å². The van der Waals surface area contributed by atoms with Crippen LogP contribution in [0, 0.1) is 11.7 Å². The van der Waals surface area contributed by atoms with Gasteiger partial charge in [0.25, 0.3) is 0 Å². The predicted molar refractivity (Wildman–Crippen MR) is 57.5 cm³/mol. The van der Waals surface area contributed by atoms with Crippen molar-refractivity contribution in [1.82, 2.24) is 0 Å². The van der Waals surface area contributed by atoms with Crippen LogP contribution in [0.15, 0.2) is 24.3 Å². The number of aliphatic carboxylic acids is 1. The third-order valence-electron chi connectivity index (χ3n) is 2.37. The van der Waals surface area contributed by atoms with Crippen LogP contribution in [0.3, 0.4) is 0 Å². The lowest BCUT2D eigenvalue weighted by atomic mass is 9.94. The van der Waals surface area contributed by atoms with Crippen LogP contribution in [0.2, 0.25) is 0 Å². The molecule has 0 fully saturated rings. The zero-order valence-corrected chi connectivity index (χ0v) is 9.06. The summed E-state index contributed by atoms with van der Waals surface area (Å²) < 4.78 is 12.6. The molecule has 1 rings (SSSR count). The molecule has 0 radical (unpaired) electrons. The Balaban J connectivity index is 2.68. The lowest BCUT2D eigenvalue weighted by Gasteiger charge is -2.13. The Morgan fingerprint density at radius 2 is 1.94 bits per heavy atom. The number of carboxylic acid groups (broad SMARTS) is 1. The molecule has 0 aliphatic rings. The lowest BCUT2D eigenvalue weighted by molar-refractivity contribution is -0.142. The van der Waals surface area contributed by atoms with Gasteiger partial charge >= 0.3 is 5.97 Å². The maximum Gasteiger partial charge on any atom is 0.306 e. The quantitative estimate of drug-likeness (QED) is 0.805. The maximum absolute atomic E-state index is 12.6. The van der Waals surface area contributed by atoms with Crippen molar-refractivity contribution < 1.29 is 19.4 Å². The van der Waals surface area contributed by atoms with Crippen LogP contribution in [0.4, 0.5) is 4.39 Å². The highest BCUT2D eigenvalue weighted by molar-refractivity contribution is 5.70. The molecule has 0 bridgehead atoms. The molecule has 1 aromatic rings. The molecule has 0 saturated carbocycles. The van der Waals surface area contributed by atoms with E-state index < -0.39 is 18.0 Å². The molecule has 1 aromatic carbocycles. The summed E-state index contributed by atoms with van der Waals surface area (Å²) in [6.45, 7) is 1.56. The zero-order chi connectivity index (χ0) is 12.1. The standard InChI is InChI=1S/C12H15FO3/c1-8(14)6-10(12(15)16)7-9-2-4-11(13)5-3-9/h2-5,8,10,14H,6-7H2,1H3,(H,15,16). The SMILES string of the molecule is CC(O)CC(Cc1ccc(F)cc1)C(=O)O. The number of benzene rings is 1. The van der Waals surface area contributed by atoms with Gasteiger partial charge in [0, 0.05) is 0 Å². The molecular weight excluding hydrogens is 211 g/mol. The second-order valence-corrected chi connectivity index (χ2v) is 3.95. The summed E-state index contributed by atoms with van der Waals surface area (Å²) in [5.41, 5.74) is 0.759. The number of hydrogen-bond acceptors (Lipinski definition) is 2. The number of aliphatic hydroxyl groups excluding tert-OH is 1. The fourth-order valence-corrected chi connectivity index (χ4v) is 1.59. The van der Waals surface area contributed by atoms with E-state index in [0.29, 0.717) is 6.42 Å². The Kier molecular flexibility index (Phi) is 4.43. The van der Waals surface area contributed by atoms with Gasteiger partial charge in [0.1, 0.15) is 5.82 Å². The smallest absolute Gasteiger partial charge is 0.306 e. The molecule has 0 aliphatic heterocycles. The van der Waals surface area contributed by atoms with Gasteiger partial charge in [-0.05, 0) is 37.5 Å². The fourth-order valence-electron chi connectivity index (χ4n) is 1.59. The monoisotopic (exact) mass is 226 g/mol. The van der Waals surface area contributed by atoms with Gasteiger partial charge in [-0.2, -0.15) is 0 Å². The minimum absolute atomic E-state index is 0.201. The van der Waals surface area contributed by atoms with Gasteiger partial charge in [0.15, 0.2) is 0 Å². The van der Waals surface area contributed by atoms with Crippen LogP contribution in [0.25, 0.3) is 0 Å². The molecule has 0 saturated heterocycles. The first kappa shape index (κ1) is 12.6. The molecule has 2 unspecified atom stereocenters. The number of aliphatic hydroxyl groups is 1. The topological polar surface area (TPSA) is 57.5 Å². The van der Waals surface area contributed by atoms with Crippen LogP contribution >= 0.6 is 0 Å². The van der Waals surface area contributed by atoms with Crippen LogP contribution in [0.1, 0.15) is 18.9 Å².